The van der Waals surface area contributed by atoms with Gasteiger partial charge in [0.25, 0.3) is 0 Å². The maximum absolute atomic E-state index is 13.5. The number of rotatable bonds is 11. The van der Waals surface area contributed by atoms with Crippen LogP contribution in [0.15, 0.2) is 91.0 Å². The second-order valence-corrected chi connectivity index (χ2v) is 11.7. The Kier molecular flexibility index (Phi) is 11.2. The molecule has 14 heteroatoms. The van der Waals surface area contributed by atoms with Crippen molar-refractivity contribution in [2.75, 3.05) is 13.2 Å². The summed E-state index contributed by atoms with van der Waals surface area (Å²) in [4.78, 5) is 52.1. The molecule has 3 aromatic carbocycles. The summed E-state index contributed by atoms with van der Waals surface area (Å²) in [5.41, 5.74) is 0.649. The molecule has 3 aromatic rings. The van der Waals surface area contributed by atoms with E-state index in [0.29, 0.717) is 0 Å². The van der Waals surface area contributed by atoms with Gasteiger partial charge in [-0.2, -0.15) is 0 Å². The quantitative estimate of drug-likeness (QED) is 0.230. The molecule has 0 bridgehead atoms. The van der Waals surface area contributed by atoms with Crippen LogP contribution in [0.3, 0.4) is 0 Å². The maximum Gasteiger partial charge on any atom is 0.338 e. The fourth-order valence-corrected chi connectivity index (χ4v) is 5.92. The number of ether oxygens (including phenoxy) is 9. The van der Waals surface area contributed by atoms with E-state index in [2.05, 4.69) is 0 Å². The number of hydrogen-bond acceptors (Lipinski definition) is 14. The van der Waals surface area contributed by atoms with Gasteiger partial charge in [0.05, 0.1) is 23.3 Å². The summed E-state index contributed by atoms with van der Waals surface area (Å²) in [6.07, 6.45) is -11.9. The molecule has 0 amide bonds. The van der Waals surface area contributed by atoms with E-state index in [-0.39, 0.29) is 16.7 Å². The number of aliphatic hydroxyl groups is 1. The molecular formula is C36H36O14. The van der Waals surface area contributed by atoms with Crippen LogP contribution in [0.2, 0.25) is 0 Å². The first-order chi connectivity index (χ1) is 24.2. The van der Waals surface area contributed by atoms with Crippen molar-refractivity contribution in [3.8, 4) is 0 Å². The third kappa shape index (κ3) is 8.02. The van der Waals surface area contributed by atoms with Crippen molar-refractivity contribution in [1.29, 1.82) is 0 Å². The predicted molar refractivity (Wildman–Crippen MR) is 168 cm³/mol. The van der Waals surface area contributed by atoms with Gasteiger partial charge in [-0.25, -0.2) is 14.4 Å². The van der Waals surface area contributed by atoms with Crippen LogP contribution in [0.4, 0.5) is 0 Å². The van der Waals surface area contributed by atoms with Crippen LogP contribution in [-0.4, -0.2) is 104 Å². The lowest BCUT2D eigenvalue weighted by atomic mass is 9.98. The first-order valence-electron chi connectivity index (χ1n) is 16.0. The Balaban J connectivity index is 1.34. The second kappa shape index (κ2) is 15.9. The van der Waals surface area contributed by atoms with E-state index < -0.39 is 98.7 Å². The zero-order valence-corrected chi connectivity index (χ0v) is 27.1. The van der Waals surface area contributed by atoms with Crippen LogP contribution >= 0.6 is 0 Å². The van der Waals surface area contributed by atoms with Crippen molar-refractivity contribution in [3.05, 3.63) is 108 Å². The van der Waals surface area contributed by atoms with E-state index in [1.807, 2.05) is 0 Å². The summed E-state index contributed by atoms with van der Waals surface area (Å²) < 4.78 is 53.2. The number of esters is 4. The van der Waals surface area contributed by atoms with Crippen LogP contribution in [0.25, 0.3) is 0 Å². The van der Waals surface area contributed by atoms with Crippen molar-refractivity contribution >= 4 is 23.9 Å². The van der Waals surface area contributed by atoms with Crippen LogP contribution in [0, 0.1) is 0 Å². The van der Waals surface area contributed by atoms with Crippen molar-refractivity contribution < 1.29 is 66.9 Å². The molecule has 6 rings (SSSR count). The average Bonchev–Trinajstić information content (AvgIpc) is 3.66. The van der Waals surface area contributed by atoms with Crippen molar-refractivity contribution in [2.24, 2.45) is 0 Å². The fraction of sp³-hybridized carbons (Fsp3) is 0.389. The van der Waals surface area contributed by atoms with Gasteiger partial charge in [0.2, 0.25) is 0 Å². The summed E-state index contributed by atoms with van der Waals surface area (Å²) in [5, 5.41) is 10.2. The lowest BCUT2D eigenvalue weighted by molar-refractivity contribution is -0.298. The summed E-state index contributed by atoms with van der Waals surface area (Å²) in [7, 11) is 0. The van der Waals surface area contributed by atoms with Gasteiger partial charge in [0.1, 0.15) is 31.0 Å². The van der Waals surface area contributed by atoms with Gasteiger partial charge < -0.3 is 47.7 Å². The molecule has 3 aliphatic rings. The summed E-state index contributed by atoms with van der Waals surface area (Å²) in [5.74, 6) is -2.94. The van der Waals surface area contributed by atoms with Gasteiger partial charge in [-0.1, -0.05) is 54.6 Å². The Morgan fingerprint density at radius 3 is 1.68 bits per heavy atom. The molecule has 3 heterocycles. The zero-order chi connectivity index (χ0) is 35.2. The topological polar surface area (TPSA) is 172 Å². The minimum absolute atomic E-state index is 0.184. The molecule has 264 valence electrons. The molecule has 10 atom stereocenters. The van der Waals surface area contributed by atoms with E-state index in [9.17, 15) is 24.3 Å². The highest BCUT2D eigenvalue weighted by molar-refractivity contribution is 5.91. The van der Waals surface area contributed by atoms with Crippen LogP contribution in [-0.2, 0) is 47.4 Å². The van der Waals surface area contributed by atoms with Crippen molar-refractivity contribution in [1.82, 2.24) is 0 Å². The number of hydrogen-bond donors (Lipinski definition) is 1. The first kappa shape index (κ1) is 35.1. The molecular weight excluding hydrogens is 656 g/mol. The minimum atomic E-state index is -1.52. The predicted octanol–water partition coefficient (Wildman–Crippen LogP) is 2.82. The SMILES string of the molecule is CC(=O)O[C@@H]1[C@H](O[C@@H]2O[C@@H](COC(=O)c3ccccc3)[C@H](OC(=O)c3ccccc3)[C@H]2OC(=O)c2ccccc2)[C@H]2OC(C)O[C@H]2O[C@@H]1CO. The van der Waals surface area contributed by atoms with E-state index >= 15 is 0 Å². The number of carbonyl (C=O) groups is 4. The number of aliphatic hydroxyl groups excluding tert-OH is 1. The van der Waals surface area contributed by atoms with Gasteiger partial charge >= 0.3 is 23.9 Å². The zero-order valence-electron chi connectivity index (χ0n) is 27.1. The molecule has 0 aromatic heterocycles. The van der Waals surface area contributed by atoms with E-state index in [4.69, 9.17) is 42.6 Å². The van der Waals surface area contributed by atoms with Gasteiger partial charge in [0, 0.05) is 6.92 Å². The third-order valence-corrected chi connectivity index (χ3v) is 8.20. The van der Waals surface area contributed by atoms with Crippen molar-refractivity contribution in [2.45, 2.75) is 75.4 Å². The Morgan fingerprint density at radius 2 is 1.14 bits per heavy atom. The summed E-state index contributed by atoms with van der Waals surface area (Å²) in [6, 6.07) is 24.4. The molecule has 1 unspecified atom stereocenters. The Morgan fingerprint density at radius 1 is 0.620 bits per heavy atom. The van der Waals surface area contributed by atoms with E-state index in [1.165, 1.54) is 19.1 Å². The van der Waals surface area contributed by atoms with Gasteiger partial charge in [-0.3, -0.25) is 4.79 Å². The summed E-state index contributed by atoms with van der Waals surface area (Å²) >= 11 is 0. The second-order valence-electron chi connectivity index (χ2n) is 11.7. The fourth-order valence-electron chi connectivity index (χ4n) is 5.92. The number of benzene rings is 3. The first-order valence-corrected chi connectivity index (χ1v) is 16.0. The molecule has 3 fully saturated rings. The Bertz CT molecular complexity index is 1620. The Hall–Kier alpha value is -4.70. The van der Waals surface area contributed by atoms with Crippen molar-refractivity contribution in [3.63, 3.8) is 0 Å². The Labute approximate surface area is 287 Å². The lowest BCUT2D eigenvalue weighted by Gasteiger charge is -2.42. The number of carbonyl (C=O) groups excluding carboxylic acids is 4. The maximum atomic E-state index is 13.5. The molecule has 0 radical (unpaired) electrons. The molecule has 0 spiro atoms. The van der Waals surface area contributed by atoms with Gasteiger partial charge in [0.15, 0.2) is 37.2 Å². The molecule has 0 aliphatic carbocycles. The van der Waals surface area contributed by atoms with Crippen LogP contribution in [0.5, 0.6) is 0 Å². The summed E-state index contributed by atoms with van der Waals surface area (Å²) in [6.45, 7) is 1.79. The standard InChI is InChI=1S/C36H36O14/c1-20(38)43-27-25(18-37)46-35-31(44-21(2)45-35)29(27)50-36-30(49-34(41)24-16-10-5-11-17-24)28(48-33(40)23-14-8-4-9-15-23)26(47-36)19-42-32(39)22-12-6-3-7-13-22/h3-17,21,25-31,35-37H,18-19H2,1-2H3/t21?,25-,26+,27+,28+,29+,30-,31-,35+,36+/m1/s1. The van der Waals surface area contributed by atoms with E-state index in [0.717, 1.165) is 0 Å². The highest BCUT2D eigenvalue weighted by Crippen LogP contribution is 2.38. The minimum Gasteiger partial charge on any atom is -0.459 e. The molecule has 14 nitrogen and oxygen atoms in total. The average molecular weight is 693 g/mol. The normalized spacial score (nSPS) is 30.1. The monoisotopic (exact) mass is 692 g/mol. The van der Waals surface area contributed by atoms with E-state index in [1.54, 1.807) is 85.8 Å². The third-order valence-electron chi connectivity index (χ3n) is 8.20. The smallest absolute Gasteiger partial charge is 0.338 e. The van der Waals surface area contributed by atoms with Crippen LogP contribution in [0.1, 0.15) is 44.9 Å². The highest BCUT2D eigenvalue weighted by atomic mass is 16.8. The molecule has 1 N–H and O–H groups in total. The largest absolute Gasteiger partial charge is 0.459 e. The highest BCUT2D eigenvalue weighted by Gasteiger charge is 2.58. The van der Waals surface area contributed by atoms with Gasteiger partial charge in [-0.15, -0.1) is 0 Å². The molecule has 3 aliphatic heterocycles. The van der Waals surface area contributed by atoms with Crippen LogP contribution < -0.4 is 0 Å². The van der Waals surface area contributed by atoms with Gasteiger partial charge in [-0.05, 0) is 43.3 Å². The lowest BCUT2D eigenvalue weighted by Crippen LogP contribution is -2.61. The number of fused-ring (bicyclic) bond motifs is 1. The molecule has 50 heavy (non-hydrogen) atoms. The molecule has 0 saturated carbocycles. The molecule has 3 saturated heterocycles.